The molecular weight excluding hydrogens is 399 g/mol. The van der Waals surface area contributed by atoms with Crippen LogP contribution < -0.4 is 4.74 Å². The first kappa shape index (κ1) is 17.7. The Labute approximate surface area is 150 Å². The first-order chi connectivity index (χ1) is 11.7. The fourth-order valence-corrected chi connectivity index (χ4v) is 2.76. The zero-order valence-corrected chi connectivity index (χ0v) is 15.3. The van der Waals surface area contributed by atoms with Crippen LogP contribution in [0.4, 0.5) is 13.2 Å². The van der Waals surface area contributed by atoms with Crippen LogP contribution in [-0.2, 0) is 6.18 Å². The van der Waals surface area contributed by atoms with Crippen molar-refractivity contribution in [1.82, 2.24) is 14.6 Å². The van der Waals surface area contributed by atoms with Gasteiger partial charge in [0.15, 0.2) is 11.3 Å². The Morgan fingerprint density at radius 1 is 1.16 bits per heavy atom. The van der Waals surface area contributed by atoms with E-state index in [1.807, 2.05) is 13.8 Å². The second kappa shape index (κ2) is 6.33. The summed E-state index contributed by atoms with van der Waals surface area (Å²) in [6, 6.07) is 7.81. The Morgan fingerprint density at radius 3 is 2.36 bits per heavy atom. The van der Waals surface area contributed by atoms with Crippen molar-refractivity contribution < 1.29 is 17.9 Å². The first-order valence-corrected chi connectivity index (χ1v) is 8.36. The van der Waals surface area contributed by atoms with Gasteiger partial charge in [0.05, 0.1) is 22.0 Å². The third kappa shape index (κ3) is 3.49. The molecule has 0 aliphatic carbocycles. The van der Waals surface area contributed by atoms with Gasteiger partial charge in [-0.1, -0.05) is 0 Å². The van der Waals surface area contributed by atoms with Gasteiger partial charge in [-0.2, -0.15) is 18.3 Å². The molecule has 0 aliphatic rings. The number of hydrogen-bond donors (Lipinski definition) is 0. The van der Waals surface area contributed by atoms with Crippen molar-refractivity contribution in [3.63, 3.8) is 0 Å². The third-order valence-corrected chi connectivity index (χ3v) is 4.43. The predicted octanol–water partition coefficient (Wildman–Crippen LogP) is 5.27. The average Bonchev–Trinajstić information content (AvgIpc) is 2.81. The number of hydrogen-bond acceptors (Lipinski definition) is 3. The molecule has 4 nitrogen and oxygen atoms in total. The highest BCUT2D eigenvalue weighted by molar-refractivity contribution is 9.10. The maximum absolute atomic E-state index is 13.4. The summed E-state index contributed by atoms with van der Waals surface area (Å²) in [4.78, 5) is 4.34. The minimum Gasteiger partial charge on any atom is -0.491 e. The summed E-state index contributed by atoms with van der Waals surface area (Å²) in [5, 5.41) is 3.93. The highest BCUT2D eigenvalue weighted by atomic mass is 79.9. The van der Waals surface area contributed by atoms with Crippen molar-refractivity contribution in [1.29, 1.82) is 0 Å². The van der Waals surface area contributed by atoms with E-state index in [1.165, 1.54) is 0 Å². The Bertz CT molecular complexity index is 918. The van der Waals surface area contributed by atoms with Crippen molar-refractivity contribution in [2.45, 2.75) is 33.1 Å². The number of aromatic nitrogens is 3. The maximum Gasteiger partial charge on any atom is 0.433 e. The van der Waals surface area contributed by atoms with Crippen LogP contribution in [0.5, 0.6) is 5.75 Å². The Morgan fingerprint density at radius 2 is 1.80 bits per heavy atom. The molecule has 0 spiro atoms. The van der Waals surface area contributed by atoms with E-state index in [0.29, 0.717) is 21.5 Å². The minimum atomic E-state index is -4.55. The fourth-order valence-electron chi connectivity index (χ4n) is 2.42. The predicted molar refractivity (Wildman–Crippen MR) is 91.6 cm³/mol. The van der Waals surface area contributed by atoms with Crippen LogP contribution in [-0.4, -0.2) is 20.7 Å². The van der Waals surface area contributed by atoms with Crippen LogP contribution in [0.1, 0.15) is 25.2 Å². The van der Waals surface area contributed by atoms with E-state index in [4.69, 9.17) is 4.74 Å². The summed E-state index contributed by atoms with van der Waals surface area (Å²) in [5.41, 5.74) is 0.482. The van der Waals surface area contributed by atoms with Gasteiger partial charge < -0.3 is 4.74 Å². The lowest BCUT2D eigenvalue weighted by Gasteiger charge is -2.12. The number of fused-ring (bicyclic) bond motifs is 1. The molecule has 2 heterocycles. The number of rotatable bonds is 3. The Balaban J connectivity index is 2.15. The number of alkyl halides is 3. The fraction of sp³-hybridized carbons (Fsp3) is 0.294. The molecule has 0 fully saturated rings. The summed E-state index contributed by atoms with van der Waals surface area (Å²) >= 11 is 3.26. The molecule has 0 unspecified atom stereocenters. The van der Waals surface area contributed by atoms with E-state index in [-0.39, 0.29) is 17.4 Å². The van der Waals surface area contributed by atoms with Crippen molar-refractivity contribution in [2.75, 3.05) is 0 Å². The van der Waals surface area contributed by atoms with E-state index < -0.39 is 11.9 Å². The molecule has 8 heteroatoms. The van der Waals surface area contributed by atoms with Crippen molar-refractivity contribution in [3.8, 4) is 17.0 Å². The molecule has 3 rings (SSSR count). The molecular formula is C17H15BrF3N3O. The van der Waals surface area contributed by atoms with Gasteiger partial charge in [-0.25, -0.2) is 9.50 Å². The number of benzene rings is 1. The topological polar surface area (TPSA) is 39.4 Å². The van der Waals surface area contributed by atoms with E-state index >= 15 is 0 Å². The molecule has 1 aromatic carbocycles. The summed E-state index contributed by atoms with van der Waals surface area (Å²) < 4.78 is 47.1. The third-order valence-electron chi connectivity index (χ3n) is 3.50. The second-order valence-corrected chi connectivity index (χ2v) is 6.64. The molecule has 0 saturated heterocycles. The van der Waals surface area contributed by atoms with Crippen LogP contribution in [0.2, 0.25) is 0 Å². The standard InChI is InChI=1S/C17H15BrF3N3O/c1-9(2)25-12-6-4-11(5-7-12)13-8-14(17(19,20)21)24-16(22-13)15(18)10(3)23-24/h4-9H,1-3H3. The van der Waals surface area contributed by atoms with Gasteiger partial charge in [-0.05, 0) is 67.0 Å². The van der Waals surface area contributed by atoms with Gasteiger partial charge in [-0.3, -0.25) is 0 Å². The summed E-state index contributed by atoms with van der Waals surface area (Å²) in [6.45, 7) is 5.42. The molecule has 25 heavy (non-hydrogen) atoms. The van der Waals surface area contributed by atoms with Crippen molar-refractivity contribution in [2.24, 2.45) is 0 Å². The van der Waals surface area contributed by atoms with E-state index in [9.17, 15) is 13.2 Å². The summed E-state index contributed by atoms with van der Waals surface area (Å²) in [7, 11) is 0. The second-order valence-electron chi connectivity index (χ2n) is 5.85. The van der Waals surface area contributed by atoms with Gasteiger partial charge in [-0.15, -0.1) is 0 Å². The van der Waals surface area contributed by atoms with E-state index in [1.54, 1.807) is 31.2 Å². The highest BCUT2D eigenvalue weighted by Gasteiger charge is 2.35. The molecule has 0 bridgehead atoms. The quantitative estimate of drug-likeness (QED) is 0.586. The molecule has 0 saturated carbocycles. The van der Waals surface area contributed by atoms with Gasteiger partial charge in [0.2, 0.25) is 0 Å². The molecule has 0 N–H and O–H groups in total. The lowest BCUT2D eigenvalue weighted by molar-refractivity contribution is -0.142. The van der Waals surface area contributed by atoms with Crippen LogP contribution in [0, 0.1) is 6.92 Å². The van der Waals surface area contributed by atoms with Gasteiger partial charge in [0.25, 0.3) is 0 Å². The minimum absolute atomic E-state index is 0.0166. The molecule has 0 aliphatic heterocycles. The van der Waals surface area contributed by atoms with Crippen LogP contribution in [0.25, 0.3) is 16.9 Å². The summed E-state index contributed by atoms with van der Waals surface area (Å²) in [6.07, 6.45) is -4.53. The molecule has 3 aromatic rings. The van der Waals surface area contributed by atoms with Crippen molar-refractivity contribution >= 4 is 21.6 Å². The van der Waals surface area contributed by atoms with Gasteiger partial charge in [0, 0.05) is 5.56 Å². The zero-order valence-electron chi connectivity index (χ0n) is 13.7. The Hall–Kier alpha value is -2.09. The van der Waals surface area contributed by atoms with Gasteiger partial charge in [0.1, 0.15) is 5.75 Å². The normalized spacial score (nSPS) is 12.2. The zero-order chi connectivity index (χ0) is 18.4. The number of nitrogens with zero attached hydrogens (tertiary/aromatic N) is 3. The Kier molecular flexibility index (Phi) is 4.49. The van der Waals surface area contributed by atoms with Crippen LogP contribution in [0.3, 0.4) is 0 Å². The van der Waals surface area contributed by atoms with Gasteiger partial charge >= 0.3 is 6.18 Å². The summed E-state index contributed by atoms with van der Waals surface area (Å²) in [5.74, 6) is 0.650. The van der Waals surface area contributed by atoms with E-state index in [0.717, 1.165) is 10.6 Å². The first-order valence-electron chi connectivity index (χ1n) is 7.57. The highest BCUT2D eigenvalue weighted by Crippen LogP contribution is 2.34. The lowest BCUT2D eigenvalue weighted by Crippen LogP contribution is -2.13. The SMILES string of the molecule is Cc1nn2c(C(F)(F)F)cc(-c3ccc(OC(C)C)cc3)nc2c1Br. The number of aryl methyl sites for hydroxylation is 1. The number of halogens is 4. The molecule has 0 atom stereocenters. The number of ether oxygens (including phenoxy) is 1. The maximum atomic E-state index is 13.4. The smallest absolute Gasteiger partial charge is 0.433 e. The monoisotopic (exact) mass is 413 g/mol. The molecule has 0 amide bonds. The molecule has 0 radical (unpaired) electrons. The van der Waals surface area contributed by atoms with Crippen LogP contribution in [0.15, 0.2) is 34.8 Å². The largest absolute Gasteiger partial charge is 0.491 e. The molecule has 2 aromatic heterocycles. The average molecular weight is 414 g/mol. The lowest BCUT2D eigenvalue weighted by atomic mass is 10.1. The van der Waals surface area contributed by atoms with E-state index in [2.05, 4.69) is 26.0 Å². The van der Waals surface area contributed by atoms with Crippen molar-refractivity contribution in [3.05, 3.63) is 46.2 Å². The molecule has 132 valence electrons. The van der Waals surface area contributed by atoms with Crippen LogP contribution >= 0.6 is 15.9 Å².